The van der Waals surface area contributed by atoms with E-state index in [1.54, 1.807) is 6.92 Å². The third kappa shape index (κ3) is 3.40. The number of carbonyl (C=O) groups is 1. The van der Waals surface area contributed by atoms with Crippen LogP contribution in [-0.4, -0.2) is 29.5 Å². The predicted octanol–water partition coefficient (Wildman–Crippen LogP) is 1.90. The highest BCUT2D eigenvalue weighted by molar-refractivity contribution is 7.99. The Balaban J connectivity index is 1.96. The lowest BCUT2D eigenvalue weighted by molar-refractivity contribution is 0.186. The van der Waals surface area contributed by atoms with Gasteiger partial charge in [-0.15, -0.1) is 11.8 Å². The van der Waals surface area contributed by atoms with Gasteiger partial charge in [-0.05, 0) is 25.0 Å². The smallest absolute Gasteiger partial charge is 0.315 e. The van der Waals surface area contributed by atoms with Crippen molar-refractivity contribution in [3.05, 3.63) is 29.8 Å². The SMILES string of the molecule is C[C@H](O)CNC(=O)N[C@@H]1CCSc2ccccc21. The summed E-state index contributed by atoms with van der Waals surface area (Å²) in [7, 11) is 0. The van der Waals surface area contributed by atoms with Gasteiger partial charge >= 0.3 is 6.03 Å². The monoisotopic (exact) mass is 266 g/mol. The predicted molar refractivity (Wildman–Crippen MR) is 72.7 cm³/mol. The quantitative estimate of drug-likeness (QED) is 0.783. The van der Waals surface area contributed by atoms with Crippen molar-refractivity contribution in [3.63, 3.8) is 0 Å². The van der Waals surface area contributed by atoms with E-state index in [0.717, 1.165) is 12.2 Å². The molecule has 1 aliphatic rings. The lowest BCUT2D eigenvalue weighted by Gasteiger charge is -2.26. The van der Waals surface area contributed by atoms with Crippen LogP contribution >= 0.6 is 11.8 Å². The van der Waals surface area contributed by atoms with Crippen LogP contribution in [0.1, 0.15) is 24.9 Å². The van der Waals surface area contributed by atoms with E-state index in [2.05, 4.69) is 22.8 Å². The van der Waals surface area contributed by atoms with E-state index in [-0.39, 0.29) is 18.6 Å². The lowest BCUT2D eigenvalue weighted by Crippen LogP contribution is -2.41. The number of fused-ring (bicyclic) bond motifs is 1. The molecule has 4 nitrogen and oxygen atoms in total. The molecule has 0 fully saturated rings. The Morgan fingerprint density at radius 2 is 2.33 bits per heavy atom. The van der Waals surface area contributed by atoms with Gasteiger partial charge in [0.25, 0.3) is 0 Å². The Morgan fingerprint density at radius 3 is 3.11 bits per heavy atom. The molecular formula is C13H18N2O2S. The second-order valence-corrected chi connectivity index (χ2v) is 5.57. The molecule has 0 radical (unpaired) electrons. The van der Waals surface area contributed by atoms with Crippen LogP contribution in [0.15, 0.2) is 29.2 Å². The highest BCUT2D eigenvalue weighted by Gasteiger charge is 2.21. The highest BCUT2D eigenvalue weighted by atomic mass is 32.2. The lowest BCUT2D eigenvalue weighted by atomic mass is 10.0. The van der Waals surface area contributed by atoms with Crippen LogP contribution in [0.5, 0.6) is 0 Å². The van der Waals surface area contributed by atoms with E-state index in [1.807, 2.05) is 23.9 Å². The van der Waals surface area contributed by atoms with Crippen molar-refractivity contribution < 1.29 is 9.90 Å². The zero-order valence-electron chi connectivity index (χ0n) is 10.3. The first kappa shape index (κ1) is 13.2. The minimum absolute atomic E-state index is 0.0662. The Kier molecular flexibility index (Phi) is 4.49. The number of hydrogen-bond donors (Lipinski definition) is 3. The molecule has 0 bridgehead atoms. The van der Waals surface area contributed by atoms with Crippen LogP contribution in [0.2, 0.25) is 0 Å². The molecule has 0 aliphatic carbocycles. The van der Waals surface area contributed by atoms with Crippen LogP contribution in [0.25, 0.3) is 0 Å². The van der Waals surface area contributed by atoms with Gasteiger partial charge in [0.05, 0.1) is 12.1 Å². The van der Waals surface area contributed by atoms with E-state index in [1.165, 1.54) is 10.5 Å². The van der Waals surface area contributed by atoms with E-state index in [9.17, 15) is 4.79 Å². The normalized spacial score (nSPS) is 19.8. The number of amides is 2. The third-order valence-electron chi connectivity index (χ3n) is 2.82. The zero-order chi connectivity index (χ0) is 13.0. The molecule has 5 heteroatoms. The molecule has 3 N–H and O–H groups in total. The van der Waals surface area contributed by atoms with Gasteiger partial charge < -0.3 is 15.7 Å². The van der Waals surface area contributed by atoms with Gasteiger partial charge in [0.2, 0.25) is 0 Å². The topological polar surface area (TPSA) is 61.4 Å². The maximum atomic E-state index is 11.7. The Bertz CT molecular complexity index is 423. The zero-order valence-corrected chi connectivity index (χ0v) is 11.2. The minimum Gasteiger partial charge on any atom is -0.392 e. The number of aliphatic hydroxyl groups is 1. The maximum absolute atomic E-state index is 11.7. The summed E-state index contributed by atoms with van der Waals surface area (Å²) in [5.41, 5.74) is 1.18. The molecule has 0 saturated heterocycles. The molecule has 18 heavy (non-hydrogen) atoms. The fourth-order valence-corrected chi connectivity index (χ4v) is 3.07. The Labute approximate surface area is 111 Å². The first-order chi connectivity index (χ1) is 8.66. The van der Waals surface area contributed by atoms with Crippen molar-refractivity contribution in [1.29, 1.82) is 0 Å². The van der Waals surface area contributed by atoms with E-state index in [4.69, 9.17) is 5.11 Å². The second kappa shape index (κ2) is 6.11. The number of rotatable bonds is 3. The molecule has 1 aromatic rings. The van der Waals surface area contributed by atoms with Crippen molar-refractivity contribution in [3.8, 4) is 0 Å². The van der Waals surface area contributed by atoms with Crippen LogP contribution in [0.4, 0.5) is 4.79 Å². The number of urea groups is 1. The summed E-state index contributed by atoms with van der Waals surface area (Å²) in [4.78, 5) is 12.9. The van der Waals surface area contributed by atoms with Gasteiger partial charge in [-0.25, -0.2) is 4.79 Å². The van der Waals surface area contributed by atoms with Crippen molar-refractivity contribution >= 4 is 17.8 Å². The number of benzene rings is 1. The van der Waals surface area contributed by atoms with E-state index < -0.39 is 6.10 Å². The van der Waals surface area contributed by atoms with Crippen molar-refractivity contribution in [2.75, 3.05) is 12.3 Å². The number of hydrogen-bond acceptors (Lipinski definition) is 3. The van der Waals surface area contributed by atoms with Gasteiger partial charge in [-0.2, -0.15) is 0 Å². The minimum atomic E-state index is -0.523. The molecule has 1 aliphatic heterocycles. The van der Waals surface area contributed by atoms with Crippen molar-refractivity contribution in [1.82, 2.24) is 10.6 Å². The second-order valence-electron chi connectivity index (χ2n) is 4.43. The molecule has 0 spiro atoms. The molecule has 0 aromatic heterocycles. The third-order valence-corrected chi connectivity index (χ3v) is 3.94. The fraction of sp³-hybridized carbons (Fsp3) is 0.462. The summed E-state index contributed by atoms with van der Waals surface area (Å²) in [6.07, 6.45) is 0.411. The van der Waals surface area contributed by atoms with Gasteiger partial charge in [0.1, 0.15) is 0 Å². The highest BCUT2D eigenvalue weighted by Crippen LogP contribution is 2.35. The molecule has 1 aromatic carbocycles. The molecule has 2 atom stereocenters. The number of thioether (sulfide) groups is 1. The molecular weight excluding hydrogens is 248 g/mol. The van der Waals surface area contributed by atoms with Crippen molar-refractivity contribution in [2.24, 2.45) is 0 Å². The first-order valence-corrected chi connectivity index (χ1v) is 7.09. The Morgan fingerprint density at radius 1 is 1.56 bits per heavy atom. The molecule has 0 saturated carbocycles. The van der Waals surface area contributed by atoms with Crippen LogP contribution in [0.3, 0.4) is 0 Å². The largest absolute Gasteiger partial charge is 0.392 e. The molecule has 0 unspecified atom stereocenters. The fourth-order valence-electron chi connectivity index (χ4n) is 1.94. The number of carbonyl (C=O) groups excluding carboxylic acids is 1. The summed E-state index contributed by atoms with van der Waals surface area (Å²) in [5.74, 6) is 1.01. The standard InChI is InChI=1S/C13H18N2O2S/c1-9(16)8-14-13(17)15-11-6-7-18-12-5-3-2-4-10(11)12/h2-5,9,11,16H,6-8H2,1H3,(H2,14,15,17)/t9-,11+/m0/s1. The van der Waals surface area contributed by atoms with Gasteiger partial charge in [-0.3, -0.25) is 0 Å². The number of aliphatic hydroxyl groups excluding tert-OH is 1. The van der Waals surface area contributed by atoms with Crippen LogP contribution in [-0.2, 0) is 0 Å². The summed E-state index contributed by atoms with van der Waals surface area (Å²) in [5, 5.41) is 14.7. The average molecular weight is 266 g/mol. The van der Waals surface area contributed by atoms with Crippen LogP contribution in [0, 0.1) is 0 Å². The number of nitrogens with one attached hydrogen (secondary N) is 2. The summed E-state index contributed by atoms with van der Waals surface area (Å²) >= 11 is 1.83. The average Bonchev–Trinajstić information content (AvgIpc) is 2.37. The molecule has 2 amide bonds. The van der Waals surface area contributed by atoms with E-state index >= 15 is 0 Å². The molecule has 98 valence electrons. The Hall–Kier alpha value is -1.20. The molecule has 1 heterocycles. The van der Waals surface area contributed by atoms with Crippen LogP contribution < -0.4 is 10.6 Å². The van der Waals surface area contributed by atoms with Gasteiger partial charge in [0, 0.05) is 17.2 Å². The first-order valence-electron chi connectivity index (χ1n) is 6.11. The van der Waals surface area contributed by atoms with Gasteiger partial charge in [-0.1, -0.05) is 18.2 Å². The summed E-state index contributed by atoms with van der Waals surface area (Å²) in [6, 6.07) is 8.00. The maximum Gasteiger partial charge on any atom is 0.315 e. The summed E-state index contributed by atoms with van der Waals surface area (Å²) in [6.45, 7) is 1.92. The molecule has 2 rings (SSSR count). The van der Waals surface area contributed by atoms with E-state index in [0.29, 0.717) is 0 Å². The summed E-state index contributed by atoms with van der Waals surface area (Å²) < 4.78 is 0. The van der Waals surface area contributed by atoms with Crippen molar-refractivity contribution in [2.45, 2.75) is 30.4 Å². The van der Waals surface area contributed by atoms with Gasteiger partial charge in [0.15, 0.2) is 0 Å².